The standard InChI is InChI=1S/C24H17Cl2NO4/c1-31-19-12-7-15(13-18(19)26)22(28)20-21(14-5-3-2-4-6-14)27(24(30)23(20)29)17-10-8-16(25)9-11-17/h2-13,21,28H,1H3/b22-20-. The lowest BCUT2D eigenvalue weighted by molar-refractivity contribution is -0.132. The van der Waals surface area contributed by atoms with Crippen LogP contribution in [0.5, 0.6) is 5.75 Å². The number of aliphatic hydroxyl groups excluding tert-OH is 1. The number of carbonyl (C=O) groups is 2. The summed E-state index contributed by atoms with van der Waals surface area (Å²) < 4.78 is 5.15. The van der Waals surface area contributed by atoms with Crippen LogP contribution in [-0.2, 0) is 9.59 Å². The van der Waals surface area contributed by atoms with E-state index in [1.54, 1.807) is 48.5 Å². The van der Waals surface area contributed by atoms with Gasteiger partial charge in [-0.05, 0) is 48.0 Å². The van der Waals surface area contributed by atoms with E-state index in [1.807, 2.05) is 18.2 Å². The molecule has 0 spiro atoms. The van der Waals surface area contributed by atoms with Gasteiger partial charge in [0.15, 0.2) is 0 Å². The zero-order chi connectivity index (χ0) is 22.1. The predicted octanol–water partition coefficient (Wildman–Crippen LogP) is 5.63. The molecule has 1 aliphatic heterocycles. The lowest BCUT2D eigenvalue weighted by atomic mass is 9.95. The highest BCUT2D eigenvalue weighted by atomic mass is 35.5. The molecule has 1 N–H and O–H groups in total. The van der Waals surface area contributed by atoms with Crippen LogP contribution in [0.25, 0.3) is 5.76 Å². The van der Waals surface area contributed by atoms with Crippen molar-refractivity contribution in [2.24, 2.45) is 0 Å². The van der Waals surface area contributed by atoms with Crippen molar-refractivity contribution >= 4 is 46.3 Å². The van der Waals surface area contributed by atoms with Gasteiger partial charge in [0.05, 0.1) is 23.7 Å². The molecule has 1 saturated heterocycles. The van der Waals surface area contributed by atoms with Gasteiger partial charge in [-0.3, -0.25) is 14.5 Å². The second kappa shape index (κ2) is 8.46. The van der Waals surface area contributed by atoms with Gasteiger partial charge in [0.2, 0.25) is 0 Å². The molecule has 1 unspecified atom stereocenters. The van der Waals surface area contributed by atoms with Crippen LogP contribution in [-0.4, -0.2) is 23.9 Å². The summed E-state index contributed by atoms with van der Waals surface area (Å²) in [5.41, 5.74) is 1.46. The predicted molar refractivity (Wildman–Crippen MR) is 121 cm³/mol. The van der Waals surface area contributed by atoms with Gasteiger partial charge in [-0.15, -0.1) is 0 Å². The van der Waals surface area contributed by atoms with Crippen LogP contribution in [0, 0.1) is 0 Å². The first-order chi connectivity index (χ1) is 14.9. The Bertz CT molecular complexity index is 1190. The van der Waals surface area contributed by atoms with Crippen molar-refractivity contribution in [3.05, 3.63) is 99.5 Å². The second-order valence-electron chi connectivity index (χ2n) is 6.91. The second-order valence-corrected chi connectivity index (χ2v) is 7.75. The van der Waals surface area contributed by atoms with E-state index in [-0.39, 0.29) is 16.4 Å². The molecule has 3 aromatic carbocycles. The lowest BCUT2D eigenvalue weighted by Gasteiger charge is -2.25. The average molecular weight is 454 g/mol. The number of rotatable bonds is 4. The highest BCUT2D eigenvalue weighted by Gasteiger charge is 2.46. The van der Waals surface area contributed by atoms with E-state index in [4.69, 9.17) is 27.9 Å². The molecule has 0 aromatic heterocycles. The van der Waals surface area contributed by atoms with Crippen molar-refractivity contribution in [2.45, 2.75) is 6.04 Å². The molecule has 0 radical (unpaired) electrons. The number of hydrogen-bond donors (Lipinski definition) is 1. The number of methoxy groups -OCH3 is 1. The number of ketones is 1. The van der Waals surface area contributed by atoms with Crippen molar-refractivity contribution in [2.75, 3.05) is 12.0 Å². The summed E-state index contributed by atoms with van der Waals surface area (Å²) in [6.45, 7) is 0. The molecule has 0 aliphatic carbocycles. The summed E-state index contributed by atoms with van der Waals surface area (Å²) in [5, 5.41) is 11.9. The minimum Gasteiger partial charge on any atom is -0.507 e. The quantitative estimate of drug-likeness (QED) is 0.315. The zero-order valence-corrected chi connectivity index (χ0v) is 17.9. The minimum absolute atomic E-state index is 0.0209. The number of halogens is 2. The summed E-state index contributed by atoms with van der Waals surface area (Å²) >= 11 is 12.2. The van der Waals surface area contributed by atoms with Gasteiger partial charge in [0, 0.05) is 16.3 Å². The van der Waals surface area contributed by atoms with Crippen molar-refractivity contribution in [1.29, 1.82) is 0 Å². The smallest absolute Gasteiger partial charge is 0.300 e. The van der Waals surface area contributed by atoms with Gasteiger partial charge >= 0.3 is 0 Å². The molecule has 0 bridgehead atoms. The third-order valence-electron chi connectivity index (χ3n) is 5.09. The molecule has 4 rings (SSSR count). The molecule has 0 saturated carbocycles. The summed E-state index contributed by atoms with van der Waals surface area (Å²) in [5.74, 6) is -1.40. The normalized spacial score (nSPS) is 17.8. The molecular weight excluding hydrogens is 437 g/mol. The highest BCUT2D eigenvalue weighted by molar-refractivity contribution is 6.51. The van der Waals surface area contributed by atoms with Crippen LogP contribution < -0.4 is 9.64 Å². The number of ether oxygens (including phenoxy) is 1. The molecule has 31 heavy (non-hydrogen) atoms. The number of nitrogens with zero attached hydrogens (tertiary/aromatic N) is 1. The Morgan fingerprint density at radius 3 is 2.26 bits per heavy atom. The van der Waals surface area contributed by atoms with Crippen molar-refractivity contribution in [3.8, 4) is 5.75 Å². The Morgan fingerprint density at radius 2 is 1.65 bits per heavy atom. The third-order valence-corrected chi connectivity index (χ3v) is 5.64. The highest BCUT2D eigenvalue weighted by Crippen LogP contribution is 2.42. The van der Waals surface area contributed by atoms with Crippen molar-refractivity contribution < 1.29 is 19.4 Å². The number of amides is 1. The Labute approximate surface area is 189 Å². The van der Waals surface area contributed by atoms with Crippen molar-refractivity contribution in [1.82, 2.24) is 0 Å². The molecule has 7 heteroatoms. The van der Waals surface area contributed by atoms with E-state index in [2.05, 4.69) is 0 Å². The Hall–Kier alpha value is -3.28. The van der Waals surface area contributed by atoms with E-state index < -0.39 is 17.7 Å². The van der Waals surface area contributed by atoms with Gasteiger partial charge in [-0.1, -0.05) is 53.5 Å². The molecule has 5 nitrogen and oxygen atoms in total. The maximum absolute atomic E-state index is 13.1. The number of aliphatic hydroxyl groups is 1. The number of benzene rings is 3. The first-order valence-electron chi connectivity index (χ1n) is 9.38. The maximum Gasteiger partial charge on any atom is 0.300 e. The molecule has 1 aliphatic rings. The summed E-state index contributed by atoms with van der Waals surface area (Å²) in [7, 11) is 1.48. The Kier molecular flexibility index (Phi) is 5.72. The van der Waals surface area contributed by atoms with E-state index in [0.29, 0.717) is 27.6 Å². The molecule has 3 aromatic rings. The SMILES string of the molecule is COc1ccc(/C(O)=C2/C(=O)C(=O)N(c3ccc(Cl)cc3)C2c2ccccc2)cc1Cl. The van der Waals surface area contributed by atoms with E-state index in [0.717, 1.165) is 0 Å². The van der Waals surface area contributed by atoms with Crippen LogP contribution in [0.4, 0.5) is 5.69 Å². The third kappa shape index (κ3) is 3.78. The first kappa shape index (κ1) is 21.0. The van der Waals surface area contributed by atoms with Crippen LogP contribution in [0.1, 0.15) is 17.2 Å². The largest absolute Gasteiger partial charge is 0.507 e. The van der Waals surface area contributed by atoms with Crippen LogP contribution in [0.2, 0.25) is 10.0 Å². The van der Waals surface area contributed by atoms with Gasteiger partial charge in [0.1, 0.15) is 11.5 Å². The Balaban J connectivity index is 1.92. The number of Topliss-reactive ketones (excluding diaryl/α,β-unsaturated/α-hetero) is 1. The van der Waals surface area contributed by atoms with E-state index in [1.165, 1.54) is 18.1 Å². The molecule has 156 valence electrons. The fourth-order valence-electron chi connectivity index (χ4n) is 3.62. The summed E-state index contributed by atoms with van der Waals surface area (Å²) in [6.07, 6.45) is 0. The lowest BCUT2D eigenvalue weighted by Crippen LogP contribution is -2.29. The molecule has 1 amide bonds. The van der Waals surface area contributed by atoms with Crippen LogP contribution >= 0.6 is 23.2 Å². The van der Waals surface area contributed by atoms with Gasteiger partial charge in [-0.2, -0.15) is 0 Å². The van der Waals surface area contributed by atoms with E-state index in [9.17, 15) is 14.7 Å². The molecule has 1 heterocycles. The number of hydrogen-bond acceptors (Lipinski definition) is 4. The van der Waals surface area contributed by atoms with Gasteiger partial charge in [0.25, 0.3) is 11.7 Å². The van der Waals surface area contributed by atoms with Gasteiger partial charge in [-0.25, -0.2) is 0 Å². The average Bonchev–Trinajstić information content (AvgIpc) is 3.05. The molecule has 1 atom stereocenters. The van der Waals surface area contributed by atoms with Crippen LogP contribution in [0.3, 0.4) is 0 Å². The molecule has 1 fully saturated rings. The summed E-state index contributed by atoms with van der Waals surface area (Å²) in [6, 6.07) is 19.5. The van der Waals surface area contributed by atoms with Crippen molar-refractivity contribution in [3.63, 3.8) is 0 Å². The maximum atomic E-state index is 13.1. The number of carbonyl (C=O) groups excluding carboxylic acids is 2. The topological polar surface area (TPSA) is 66.8 Å². The fourth-order valence-corrected chi connectivity index (χ4v) is 4.00. The van der Waals surface area contributed by atoms with Crippen LogP contribution in [0.15, 0.2) is 78.4 Å². The summed E-state index contributed by atoms with van der Waals surface area (Å²) in [4.78, 5) is 27.5. The van der Waals surface area contributed by atoms with Gasteiger partial charge < -0.3 is 9.84 Å². The minimum atomic E-state index is -0.816. The zero-order valence-electron chi connectivity index (χ0n) is 16.4. The monoisotopic (exact) mass is 453 g/mol. The fraction of sp³-hybridized carbons (Fsp3) is 0.0833. The first-order valence-corrected chi connectivity index (χ1v) is 10.1. The molecular formula is C24H17Cl2NO4. The Morgan fingerprint density at radius 1 is 0.968 bits per heavy atom. The van der Waals surface area contributed by atoms with E-state index >= 15 is 0 Å². The number of anilines is 1.